The van der Waals surface area contributed by atoms with Crippen LogP contribution in [0.4, 0.5) is 5.69 Å². The lowest BCUT2D eigenvalue weighted by molar-refractivity contribution is 0.0602. The largest absolute Gasteiger partial charge is 0.497 e. The number of anilines is 1. The van der Waals surface area contributed by atoms with Gasteiger partial charge in [-0.3, -0.25) is 4.79 Å². The van der Waals surface area contributed by atoms with Crippen molar-refractivity contribution in [2.45, 2.75) is 6.92 Å². The van der Waals surface area contributed by atoms with Crippen LogP contribution in [-0.2, 0) is 4.74 Å². The molecule has 0 radical (unpaired) electrons. The van der Waals surface area contributed by atoms with Gasteiger partial charge in [-0.25, -0.2) is 4.79 Å². The zero-order valence-electron chi connectivity index (χ0n) is 14.1. The average Bonchev–Trinajstić information content (AvgIpc) is 2.97. The SMILES string of the molecule is COC(=O)c1ccccc1NC(=O)c1oc2ccc(OC)cc2c1C. The van der Waals surface area contributed by atoms with Crippen molar-refractivity contribution in [3.8, 4) is 5.75 Å². The van der Waals surface area contributed by atoms with Crippen molar-refractivity contribution in [1.29, 1.82) is 0 Å². The summed E-state index contributed by atoms with van der Waals surface area (Å²) in [5.74, 6) is -0.103. The molecule has 0 aliphatic rings. The van der Waals surface area contributed by atoms with Crippen molar-refractivity contribution < 1.29 is 23.5 Å². The van der Waals surface area contributed by atoms with Gasteiger partial charge >= 0.3 is 5.97 Å². The summed E-state index contributed by atoms with van der Waals surface area (Å²) in [5.41, 5.74) is 1.91. The number of esters is 1. The predicted molar refractivity (Wildman–Crippen MR) is 93.2 cm³/mol. The fourth-order valence-electron chi connectivity index (χ4n) is 2.60. The molecule has 0 aliphatic carbocycles. The van der Waals surface area contributed by atoms with E-state index in [9.17, 15) is 9.59 Å². The van der Waals surface area contributed by atoms with Gasteiger partial charge in [0, 0.05) is 10.9 Å². The van der Waals surface area contributed by atoms with Crippen LogP contribution in [0.5, 0.6) is 5.75 Å². The summed E-state index contributed by atoms with van der Waals surface area (Å²) in [6.45, 7) is 1.80. The van der Waals surface area contributed by atoms with E-state index in [0.717, 1.165) is 5.39 Å². The standard InChI is InChI=1S/C19H17NO5/c1-11-14-10-12(23-2)8-9-16(14)25-17(11)18(21)20-15-7-5-4-6-13(15)19(22)24-3/h4-10H,1-3H3,(H,20,21). The molecule has 128 valence electrons. The van der Waals surface area contributed by atoms with Gasteiger partial charge in [0.25, 0.3) is 5.91 Å². The number of amides is 1. The summed E-state index contributed by atoms with van der Waals surface area (Å²) >= 11 is 0. The van der Waals surface area contributed by atoms with E-state index in [1.165, 1.54) is 7.11 Å². The summed E-state index contributed by atoms with van der Waals surface area (Å²) in [6, 6.07) is 12.0. The fraction of sp³-hybridized carbons (Fsp3) is 0.158. The maximum absolute atomic E-state index is 12.6. The van der Waals surface area contributed by atoms with Gasteiger partial charge in [-0.15, -0.1) is 0 Å². The second-order valence-corrected chi connectivity index (χ2v) is 5.41. The zero-order valence-corrected chi connectivity index (χ0v) is 14.1. The van der Waals surface area contributed by atoms with Crippen molar-refractivity contribution in [1.82, 2.24) is 0 Å². The molecule has 0 aliphatic heterocycles. The first kappa shape index (κ1) is 16.6. The number of para-hydroxylation sites is 1. The van der Waals surface area contributed by atoms with Crippen molar-refractivity contribution in [3.05, 3.63) is 59.4 Å². The maximum atomic E-state index is 12.6. The number of fused-ring (bicyclic) bond motifs is 1. The van der Waals surface area contributed by atoms with Crippen LogP contribution in [0.2, 0.25) is 0 Å². The molecular weight excluding hydrogens is 322 g/mol. The third-order valence-corrected chi connectivity index (χ3v) is 3.93. The topological polar surface area (TPSA) is 77.8 Å². The Morgan fingerprint density at radius 2 is 1.84 bits per heavy atom. The first-order valence-corrected chi connectivity index (χ1v) is 7.61. The molecule has 0 fully saturated rings. The third-order valence-electron chi connectivity index (χ3n) is 3.93. The number of carbonyl (C=O) groups is 2. The van der Waals surface area contributed by atoms with Gasteiger partial charge < -0.3 is 19.2 Å². The minimum atomic E-state index is -0.526. The number of methoxy groups -OCH3 is 2. The number of ether oxygens (including phenoxy) is 2. The molecule has 0 saturated carbocycles. The molecule has 0 saturated heterocycles. The monoisotopic (exact) mass is 339 g/mol. The first-order valence-electron chi connectivity index (χ1n) is 7.61. The van der Waals surface area contributed by atoms with E-state index in [0.29, 0.717) is 22.6 Å². The van der Waals surface area contributed by atoms with Gasteiger partial charge in [0.1, 0.15) is 11.3 Å². The summed E-state index contributed by atoms with van der Waals surface area (Å²) in [4.78, 5) is 24.5. The molecule has 1 N–H and O–H groups in total. The number of aryl methyl sites for hydroxylation is 1. The zero-order chi connectivity index (χ0) is 18.0. The Balaban J connectivity index is 1.96. The highest BCUT2D eigenvalue weighted by molar-refractivity contribution is 6.09. The third kappa shape index (κ3) is 3.06. The molecule has 0 spiro atoms. The smallest absolute Gasteiger partial charge is 0.339 e. The Morgan fingerprint density at radius 1 is 1.08 bits per heavy atom. The number of carbonyl (C=O) groups excluding carboxylic acids is 2. The molecule has 6 heteroatoms. The number of nitrogens with one attached hydrogen (secondary N) is 1. The summed E-state index contributed by atoms with van der Waals surface area (Å²) in [5, 5.41) is 3.50. The lowest BCUT2D eigenvalue weighted by Crippen LogP contribution is -2.15. The van der Waals surface area contributed by atoms with Crippen molar-refractivity contribution in [2.24, 2.45) is 0 Å². The van der Waals surface area contributed by atoms with E-state index in [2.05, 4.69) is 5.32 Å². The van der Waals surface area contributed by atoms with E-state index < -0.39 is 11.9 Å². The minimum Gasteiger partial charge on any atom is -0.497 e. The Morgan fingerprint density at radius 3 is 2.56 bits per heavy atom. The van der Waals surface area contributed by atoms with E-state index in [4.69, 9.17) is 13.9 Å². The number of hydrogen-bond acceptors (Lipinski definition) is 5. The summed E-state index contributed by atoms with van der Waals surface area (Å²) in [6.07, 6.45) is 0. The van der Waals surface area contributed by atoms with E-state index in [1.807, 2.05) is 6.07 Å². The maximum Gasteiger partial charge on any atom is 0.339 e. The Kier molecular flexibility index (Phi) is 4.43. The van der Waals surface area contributed by atoms with Gasteiger partial charge in [-0.2, -0.15) is 0 Å². The van der Waals surface area contributed by atoms with Gasteiger partial charge in [-0.1, -0.05) is 12.1 Å². The normalized spacial score (nSPS) is 10.5. The number of hydrogen-bond donors (Lipinski definition) is 1. The summed E-state index contributed by atoms with van der Waals surface area (Å²) in [7, 11) is 2.87. The number of furan rings is 1. The highest BCUT2D eigenvalue weighted by Crippen LogP contribution is 2.29. The predicted octanol–water partition coefficient (Wildman–Crippen LogP) is 3.79. The van der Waals surface area contributed by atoms with Crippen LogP contribution in [0, 0.1) is 6.92 Å². The molecule has 0 atom stereocenters. The molecule has 3 aromatic rings. The molecule has 25 heavy (non-hydrogen) atoms. The highest BCUT2D eigenvalue weighted by Gasteiger charge is 2.20. The molecule has 0 bridgehead atoms. The van der Waals surface area contributed by atoms with Gasteiger partial charge in [0.2, 0.25) is 0 Å². The van der Waals surface area contributed by atoms with Crippen LogP contribution in [0.15, 0.2) is 46.9 Å². The van der Waals surface area contributed by atoms with Gasteiger partial charge in [-0.05, 0) is 37.3 Å². The lowest BCUT2D eigenvalue weighted by Gasteiger charge is -2.08. The second-order valence-electron chi connectivity index (χ2n) is 5.41. The first-order chi connectivity index (χ1) is 12.0. The van der Waals surface area contributed by atoms with Crippen LogP contribution in [0.3, 0.4) is 0 Å². The van der Waals surface area contributed by atoms with Crippen LogP contribution in [-0.4, -0.2) is 26.1 Å². The Hall–Kier alpha value is -3.28. The number of benzene rings is 2. The van der Waals surface area contributed by atoms with Gasteiger partial charge in [0.05, 0.1) is 25.5 Å². The quantitative estimate of drug-likeness (QED) is 0.732. The second kappa shape index (κ2) is 6.68. The average molecular weight is 339 g/mol. The Bertz CT molecular complexity index is 958. The molecule has 1 heterocycles. The number of rotatable bonds is 4. The lowest BCUT2D eigenvalue weighted by atomic mass is 10.1. The molecule has 6 nitrogen and oxygen atoms in total. The molecule has 1 aromatic heterocycles. The van der Waals surface area contributed by atoms with E-state index in [-0.39, 0.29) is 11.3 Å². The van der Waals surface area contributed by atoms with Crippen molar-refractivity contribution in [2.75, 3.05) is 19.5 Å². The summed E-state index contributed by atoms with van der Waals surface area (Å²) < 4.78 is 15.6. The Labute approximate surface area is 144 Å². The molecule has 3 rings (SSSR count). The molecule has 0 unspecified atom stereocenters. The molecule has 2 aromatic carbocycles. The molecular formula is C19H17NO5. The van der Waals surface area contributed by atoms with Crippen LogP contribution < -0.4 is 10.1 Å². The van der Waals surface area contributed by atoms with Crippen LogP contribution in [0.25, 0.3) is 11.0 Å². The highest BCUT2D eigenvalue weighted by atomic mass is 16.5. The van der Waals surface area contributed by atoms with E-state index in [1.54, 1.807) is 50.4 Å². The van der Waals surface area contributed by atoms with Crippen molar-refractivity contribution >= 4 is 28.5 Å². The van der Waals surface area contributed by atoms with E-state index >= 15 is 0 Å². The van der Waals surface area contributed by atoms with Gasteiger partial charge in [0.15, 0.2) is 5.76 Å². The van der Waals surface area contributed by atoms with Crippen LogP contribution >= 0.6 is 0 Å². The molecule has 1 amide bonds. The van der Waals surface area contributed by atoms with Crippen LogP contribution in [0.1, 0.15) is 26.5 Å². The fourth-order valence-corrected chi connectivity index (χ4v) is 2.60. The van der Waals surface area contributed by atoms with Crippen molar-refractivity contribution in [3.63, 3.8) is 0 Å². The minimum absolute atomic E-state index is 0.183.